The molecule has 0 radical (unpaired) electrons. The lowest BCUT2D eigenvalue weighted by Gasteiger charge is -2.25. The molecule has 34 heavy (non-hydrogen) atoms. The van der Waals surface area contributed by atoms with Crippen molar-refractivity contribution in [3.05, 3.63) is 29.8 Å². The normalized spacial score (nSPS) is 22.0. The van der Waals surface area contributed by atoms with Crippen LogP contribution in [0.1, 0.15) is 25.3 Å². The molecule has 1 aromatic carbocycles. The summed E-state index contributed by atoms with van der Waals surface area (Å²) in [7, 11) is 0. The van der Waals surface area contributed by atoms with Gasteiger partial charge in [-0.1, -0.05) is 12.1 Å². The third-order valence-corrected chi connectivity index (χ3v) is 7.52. The molecule has 0 spiro atoms. The third kappa shape index (κ3) is 7.03. The number of benzene rings is 1. The van der Waals surface area contributed by atoms with Gasteiger partial charge < -0.3 is 20.4 Å². The monoisotopic (exact) mass is 497 g/mol. The van der Waals surface area contributed by atoms with E-state index in [1.54, 1.807) is 18.3 Å². The molecule has 7 nitrogen and oxygen atoms in total. The van der Waals surface area contributed by atoms with E-state index in [1.807, 2.05) is 12.1 Å². The van der Waals surface area contributed by atoms with Crippen LogP contribution in [-0.4, -0.2) is 77.7 Å². The van der Waals surface area contributed by atoms with Gasteiger partial charge in [-0.25, -0.2) is 0 Å². The molecule has 2 aliphatic rings. The first kappa shape index (κ1) is 26.2. The fourth-order valence-electron chi connectivity index (χ4n) is 4.23. The number of thioether (sulfide) groups is 1. The molecule has 11 heteroatoms. The molecule has 0 bridgehead atoms. The van der Waals surface area contributed by atoms with Crippen molar-refractivity contribution in [1.29, 1.82) is 5.26 Å². The molecule has 2 fully saturated rings. The molecule has 3 rings (SSSR count). The van der Waals surface area contributed by atoms with Crippen LogP contribution >= 0.6 is 11.8 Å². The average molecular weight is 498 g/mol. The largest absolute Gasteiger partial charge is 0.405 e. The maximum absolute atomic E-state index is 12.9. The number of likely N-dealkylation sites (tertiary alicyclic amines) is 1. The lowest BCUT2D eigenvalue weighted by atomic mass is 10.1. The number of carbonyl (C=O) groups is 2. The Morgan fingerprint density at radius 2 is 2.06 bits per heavy atom. The van der Waals surface area contributed by atoms with E-state index in [2.05, 4.69) is 22.3 Å². The average Bonchev–Trinajstić information content (AvgIpc) is 3.43. The van der Waals surface area contributed by atoms with Crippen LogP contribution in [0, 0.1) is 17.2 Å². The summed E-state index contributed by atoms with van der Waals surface area (Å²) in [5, 5.41) is 13.1. The van der Waals surface area contributed by atoms with E-state index >= 15 is 0 Å². The van der Waals surface area contributed by atoms with Gasteiger partial charge in [0.15, 0.2) is 5.92 Å². The van der Waals surface area contributed by atoms with Gasteiger partial charge in [0.1, 0.15) is 17.2 Å². The first-order valence-electron chi connectivity index (χ1n) is 11.5. The van der Waals surface area contributed by atoms with E-state index in [4.69, 9.17) is 0 Å². The zero-order chi connectivity index (χ0) is 24.7. The number of hydrogen-bond donors (Lipinski definition) is 2. The summed E-state index contributed by atoms with van der Waals surface area (Å²) >= 11 is 1.14. The number of halogens is 3. The molecular formula is C23H30F3N5O2S. The Morgan fingerprint density at radius 3 is 2.71 bits per heavy atom. The first-order chi connectivity index (χ1) is 16.2. The summed E-state index contributed by atoms with van der Waals surface area (Å²) < 4.78 is 37.4. The Hall–Kier alpha value is -2.45. The van der Waals surface area contributed by atoms with E-state index in [0.29, 0.717) is 0 Å². The van der Waals surface area contributed by atoms with Crippen LogP contribution in [0.3, 0.4) is 0 Å². The number of nitriles is 1. The molecule has 2 amide bonds. The molecule has 0 saturated carbocycles. The van der Waals surface area contributed by atoms with Gasteiger partial charge in [-0.2, -0.15) is 18.4 Å². The van der Waals surface area contributed by atoms with Gasteiger partial charge in [0.05, 0.1) is 6.07 Å². The number of rotatable bonds is 10. The number of alkyl halides is 3. The van der Waals surface area contributed by atoms with Crippen molar-refractivity contribution in [3.63, 3.8) is 0 Å². The predicted molar refractivity (Wildman–Crippen MR) is 125 cm³/mol. The van der Waals surface area contributed by atoms with Crippen molar-refractivity contribution in [3.8, 4) is 6.07 Å². The van der Waals surface area contributed by atoms with Crippen LogP contribution < -0.4 is 10.6 Å². The van der Waals surface area contributed by atoms with Crippen LogP contribution in [-0.2, 0) is 16.0 Å². The zero-order valence-corrected chi connectivity index (χ0v) is 19.9. The van der Waals surface area contributed by atoms with Crippen molar-refractivity contribution in [2.75, 3.05) is 44.6 Å². The van der Waals surface area contributed by atoms with Crippen LogP contribution in [0.15, 0.2) is 24.3 Å². The van der Waals surface area contributed by atoms with Gasteiger partial charge in [-0.3, -0.25) is 9.59 Å². The molecule has 0 aliphatic carbocycles. The topological polar surface area (TPSA) is 88.5 Å². The smallest absolute Gasteiger partial charge is 0.383 e. The van der Waals surface area contributed by atoms with E-state index in [0.717, 1.165) is 43.5 Å². The van der Waals surface area contributed by atoms with Crippen molar-refractivity contribution in [2.24, 2.45) is 5.92 Å². The van der Waals surface area contributed by atoms with Gasteiger partial charge in [-0.15, -0.1) is 11.8 Å². The first-order valence-corrected chi connectivity index (χ1v) is 12.4. The van der Waals surface area contributed by atoms with Crippen LogP contribution in [0.25, 0.3) is 0 Å². The minimum Gasteiger partial charge on any atom is -0.383 e. The zero-order valence-electron chi connectivity index (χ0n) is 19.1. The summed E-state index contributed by atoms with van der Waals surface area (Å²) in [6, 6.07) is 9.79. The van der Waals surface area contributed by atoms with Crippen LogP contribution in [0.2, 0.25) is 0 Å². The minimum absolute atomic E-state index is 0.237. The highest BCUT2D eigenvalue weighted by Crippen LogP contribution is 2.36. The molecule has 2 saturated heterocycles. The summed E-state index contributed by atoms with van der Waals surface area (Å²) in [5.74, 6) is -2.66. The van der Waals surface area contributed by atoms with E-state index in [-0.39, 0.29) is 19.0 Å². The number of hydrogen-bond acceptors (Lipinski definition) is 6. The summed E-state index contributed by atoms with van der Waals surface area (Å²) in [4.78, 5) is 29.0. The molecule has 0 unspecified atom stereocenters. The third-order valence-electron chi connectivity index (χ3n) is 6.01. The standard InChI is InChI=1S/C23H30F3N5O2S/c1-2-31-21(33)19(34-22(31)18(13-27)20(32)29-15-23(24,25)26)14-28-17-7-5-6-16(12-17)8-11-30-9-3-4-10-30/h5-7,12,18-19,22,28H,2-4,8-11,14-15H2,1H3,(H,29,32)/t18-,19+,22-/m1/s1. The van der Waals surface area contributed by atoms with Gasteiger partial charge in [0.2, 0.25) is 11.8 Å². The highest BCUT2D eigenvalue weighted by atomic mass is 32.2. The number of nitrogens with zero attached hydrogens (tertiary/aromatic N) is 3. The van der Waals surface area contributed by atoms with Crippen LogP contribution in [0.4, 0.5) is 18.9 Å². The Kier molecular flexibility index (Phi) is 9.08. The van der Waals surface area contributed by atoms with Crippen molar-refractivity contribution >= 4 is 29.3 Å². The number of carbonyl (C=O) groups excluding carboxylic acids is 2. The minimum atomic E-state index is -4.58. The maximum atomic E-state index is 12.9. The lowest BCUT2D eigenvalue weighted by molar-refractivity contribution is -0.141. The summed E-state index contributed by atoms with van der Waals surface area (Å²) in [6.45, 7) is 4.04. The molecule has 186 valence electrons. The molecule has 2 N–H and O–H groups in total. The fraction of sp³-hybridized carbons (Fsp3) is 0.609. The Bertz CT molecular complexity index is 901. The highest BCUT2D eigenvalue weighted by Gasteiger charge is 2.46. The lowest BCUT2D eigenvalue weighted by Crippen LogP contribution is -2.45. The van der Waals surface area contributed by atoms with Crippen molar-refractivity contribution in [2.45, 2.75) is 43.0 Å². The molecule has 3 atom stereocenters. The van der Waals surface area contributed by atoms with Gasteiger partial charge >= 0.3 is 6.18 Å². The van der Waals surface area contributed by atoms with E-state index in [9.17, 15) is 28.0 Å². The van der Waals surface area contributed by atoms with E-state index < -0.39 is 35.2 Å². The molecule has 0 aromatic heterocycles. The van der Waals surface area contributed by atoms with Crippen molar-refractivity contribution in [1.82, 2.24) is 15.1 Å². The summed E-state index contributed by atoms with van der Waals surface area (Å²) in [6.07, 6.45) is -1.13. The molecule has 1 aromatic rings. The second kappa shape index (κ2) is 11.8. The quantitative estimate of drug-likeness (QED) is 0.517. The fourth-order valence-corrected chi connectivity index (χ4v) is 5.74. The SMILES string of the molecule is CCN1C(=O)[C@H](CNc2cccc(CCN3CCCC3)c2)S[C@@H]1[C@H](C#N)C(=O)NCC(F)(F)F. The van der Waals surface area contributed by atoms with Gasteiger partial charge in [0, 0.05) is 25.3 Å². The van der Waals surface area contributed by atoms with Gasteiger partial charge in [-0.05, 0) is 57.0 Å². The maximum Gasteiger partial charge on any atom is 0.405 e. The summed E-state index contributed by atoms with van der Waals surface area (Å²) in [5.41, 5.74) is 2.07. The second-order valence-corrected chi connectivity index (χ2v) is 9.78. The highest BCUT2D eigenvalue weighted by molar-refractivity contribution is 8.01. The number of amides is 2. The number of nitrogens with one attached hydrogen (secondary N) is 2. The second-order valence-electron chi connectivity index (χ2n) is 8.46. The number of anilines is 1. The van der Waals surface area contributed by atoms with E-state index in [1.165, 1.54) is 23.3 Å². The van der Waals surface area contributed by atoms with Crippen molar-refractivity contribution < 1.29 is 22.8 Å². The van der Waals surface area contributed by atoms with Crippen LogP contribution in [0.5, 0.6) is 0 Å². The van der Waals surface area contributed by atoms with Gasteiger partial charge in [0.25, 0.3) is 0 Å². The molecule has 2 aliphatic heterocycles. The molecule has 2 heterocycles. The molecular weight excluding hydrogens is 467 g/mol. The Morgan fingerprint density at radius 1 is 1.32 bits per heavy atom. The Labute approximate surface area is 202 Å². The predicted octanol–water partition coefficient (Wildman–Crippen LogP) is 2.85. The Balaban J connectivity index is 1.58.